The van der Waals surface area contributed by atoms with Gasteiger partial charge in [0.1, 0.15) is 41.7 Å². The van der Waals surface area contributed by atoms with Crippen LogP contribution < -0.4 is 25.7 Å². The quantitative estimate of drug-likeness (QED) is 0.0856. The number of aldehydes is 1. The molecule has 3 unspecified atom stereocenters. The fraction of sp³-hybridized carbons (Fsp3) is 0.489. The number of nitrogens with zero attached hydrogens (tertiary/aromatic N) is 5. The van der Waals surface area contributed by atoms with Gasteiger partial charge >= 0.3 is 0 Å². The molecule has 4 aliphatic rings. The molecule has 62 heavy (non-hydrogen) atoms. The molecule has 1 spiro atoms. The van der Waals surface area contributed by atoms with E-state index in [1.165, 1.54) is 31.3 Å². The highest BCUT2D eigenvalue weighted by molar-refractivity contribution is 7.98. The Kier molecular flexibility index (Phi) is 13.4. The van der Waals surface area contributed by atoms with Crippen molar-refractivity contribution in [3.05, 3.63) is 88.0 Å². The van der Waals surface area contributed by atoms with Crippen molar-refractivity contribution in [1.82, 2.24) is 24.1 Å². The summed E-state index contributed by atoms with van der Waals surface area (Å²) in [5.74, 6) is -1.29. The van der Waals surface area contributed by atoms with E-state index in [1.807, 2.05) is 18.2 Å². The lowest BCUT2D eigenvalue weighted by Gasteiger charge is -2.44. The van der Waals surface area contributed by atoms with Gasteiger partial charge in [0.2, 0.25) is 5.91 Å². The zero-order valence-corrected chi connectivity index (χ0v) is 35.4. The number of likely N-dealkylation sites (tertiary alicyclic amines) is 1. The van der Waals surface area contributed by atoms with Crippen LogP contribution in [0.4, 0.5) is 24.5 Å². The van der Waals surface area contributed by atoms with Crippen molar-refractivity contribution < 1.29 is 32.2 Å². The smallest absolute Gasteiger partial charge is 0.261 e. The lowest BCUT2D eigenvalue weighted by molar-refractivity contribution is -0.121. The van der Waals surface area contributed by atoms with Crippen LogP contribution in [-0.4, -0.2) is 94.6 Å². The van der Waals surface area contributed by atoms with Crippen LogP contribution >= 0.6 is 12.1 Å². The van der Waals surface area contributed by atoms with Gasteiger partial charge in [-0.05, 0) is 112 Å². The first kappa shape index (κ1) is 43.5. The second-order valence-corrected chi connectivity index (χ2v) is 17.7. The number of aromatic nitrogens is 2. The molecule has 1 aliphatic carbocycles. The van der Waals surface area contributed by atoms with Gasteiger partial charge in [-0.25, -0.2) is 22.5 Å². The predicted octanol–water partition coefficient (Wildman–Crippen LogP) is 7.39. The summed E-state index contributed by atoms with van der Waals surface area (Å²) in [7, 11) is 1.53. The molecule has 3 aliphatic heterocycles. The van der Waals surface area contributed by atoms with Crippen molar-refractivity contribution in [2.45, 2.75) is 100 Å². The van der Waals surface area contributed by atoms with Crippen molar-refractivity contribution in [3.8, 4) is 17.6 Å². The average Bonchev–Trinajstić information content (AvgIpc) is 3.90. The van der Waals surface area contributed by atoms with E-state index in [1.54, 1.807) is 27.3 Å². The first-order chi connectivity index (χ1) is 30.1. The van der Waals surface area contributed by atoms with E-state index < -0.39 is 18.0 Å². The Balaban J connectivity index is 0.863. The number of alkyl halides is 1. The SMILES string of the molecule is CNC(=O)C(CCC=O)Nc1ccc(C2CCC(N3CCC4(CC3)CC(n3cnc5ccc(Oc6c(F)ccc(NSN7CCC(F)C7)c6C#N)cc5c3=O)CO4)CC2)c(F)c1. The zero-order chi connectivity index (χ0) is 43.4. The van der Waals surface area contributed by atoms with Gasteiger partial charge in [0.05, 0.1) is 41.2 Å². The van der Waals surface area contributed by atoms with E-state index in [2.05, 4.69) is 25.2 Å². The molecule has 4 fully saturated rings. The number of ether oxygens (including phenoxy) is 2. The van der Waals surface area contributed by atoms with Gasteiger partial charge in [-0.3, -0.25) is 14.2 Å². The number of hydrogen-bond acceptors (Lipinski definition) is 12. The largest absolute Gasteiger partial charge is 0.453 e. The van der Waals surface area contributed by atoms with E-state index in [0.29, 0.717) is 66.3 Å². The monoisotopic (exact) mass is 872 g/mol. The summed E-state index contributed by atoms with van der Waals surface area (Å²) in [5, 5.41) is 15.9. The second kappa shape index (κ2) is 19.1. The lowest BCUT2D eigenvalue weighted by atomic mass is 9.79. The molecule has 4 aromatic rings. The highest BCUT2D eigenvalue weighted by Gasteiger charge is 2.45. The summed E-state index contributed by atoms with van der Waals surface area (Å²) in [5.41, 5.74) is 1.29. The molecule has 1 aromatic heterocycles. The van der Waals surface area contributed by atoms with Crippen molar-refractivity contribution in [2.24, 2.45) is 0 Å². The third-order valence-corrected chi connectivity index (χ3v) is 13.9. The predicted molar refractivity (Wildman–Crippen MR) is 231 cm³/mol. The third kappa shape index (κ3) is 9.43. The minimum absolute atomic E-state index is 0.0565. The fourth-order valence-corrected chi connectivity index (χ4v) is 10.3. The topological polar surface area (TPSA) is 154 Å². The number of carbonyl (C=O) groups excluding carboxylic acids is 2. The number of nitriles is 1. The molecular formula is C45H51F3N8O5S. The van der Waals surface area contributed by atoms with Gasteiger partial charge in [-0.2, -0.15) is 5.26 Å². The number of piperidine rings is 1. The number of fused-ring (bicyclic) bond motifs is 1. The lowest BCUT2D eigenvalue weighted by Crippen LogP contribution is -2.49. The van der Waals surface area contributed by atoms with Crippen LogP contribution in [0.5, 0.6) is 11.5 Å². The summed E-state index contributed by atoms with van der Waals surface area (Å²) in [6, 6.07) is 14.0. The van der Waals surface area contributed by atoms with E-state index in [0.717, 1.165) is 70.0 Å². The van der Waals surface area contributed by atoms with Gasteiger partial charge in [0.15, 0.2) is 11.6 Å². The maximum Gasteiger partial charge on any atom is 0.261 e. The van der Waals surface area contributed by atoms with Crippen LogP contribution in [0.2, 0.25) is 0 Å². The number of likely N-dealkylation sites (N-methyl/N-ethyl adjacent to an activating group) is 1. The molecule has 17 heteroatoms. The molecule has 3 N–H and O–H groups in total. The summed E-state index contributed by atoms with van der Waals surface area (Å²) in [6.45, 7) is 2.90. The molecule has 8 rings (SSSR count). The van der Waals surface area contributed by atoms with Crippen molar-refractivity contribution >= 4 is 46.6 Å². The molecule has 1 saturated carbocycles. The molecule has 328 valence electrons. The van der Waals surface area contributed by atoms with Crippen LogP contribution in [0.25, 0.3) is 10.9 Å². The number of amides is 1. The first-order valence-corrected chi connectivity index (χ1v) is 22.2. The molecule has 3 aromatic carbocycles. The number of carbonyl (C=O) groups is 2. The zero-order valence-electron chi connectivity index (χ0n) is 34.6. The van der Waals surface area contributed by atoms with E-state index in [4.69, 9.17) is 9.47 Å². The molecule has 0 radical (unpaired) electrons. The minimum Gasteiger partial charge on any atom is -0.453 e. The highest BCUT2D eigenvalue weighted by atomic mass is 32.2. The Morgan fingerprint density at radius 1 is 1.06 bits per heavy atom. The highest BCUT2D eigenvalue weighted by Crippen LogP contribution is 2.43. The number of rotatable bonds is 14. The Morgan fingerprint density at radius 2 is 1.87 bits per heavy atom. The minimum atomic E-state index is -0.917. The Hall–Kier alpha value is -5.15. The number of anilines is 2. The van der Waals surface area contributed by atoms with E-state index >= 15 is 8.78 Å². The normalized spacial score (nSPS) is 23.2. The van der Waals surface area contributed by atoms with E-state index in [9.17, 15) is 24.0 Å². The van der Waals surface area contributed by atoms with Gasteiger partial charge < -0.3 is 34.5 Å². The van der Waals surface area contributed by atoms with Crippen LogP contribution in [0.15, 0.2) is 59.7 Å². The van der Waals surface area contributed by atoms with Gasteiger partial charge in [-0.15, -0.1) is 0 Å². The average molecular weight is 873 g/mol. The molecule has 3 atom stereocenters. The third-order valence-electron chi connectivity index (χ3n) is 13.0. The van der Waals surface area contributed by atoms with Crippen molar-refractivity contribution in [3.63, 3.8) is 0 Å². The molecular weight excluding hydrogens is 822 g/mol. The van der Waals surface area contributed by atoms with Crippen molar-refractivity contribution in [2.75, 3.05) is 49.9 Å². The molecule has 13 nitrogen and oxygen atoms in total. The molecule has 1 amide bonds. The number of nitrogens with one attached hydrogen (secondary N) is 3. The molecule has 3 saturated heterocycles. The van der Waals surface area contributed by atoms with E-state index in [-0.39, 0.29) is 64.9 Å². The van der Waals surface area contributed by atoms with Gasteiger partial charge in [-0.1, -0.05) is 6.07 Å². The van der Waals surface area contributed by atoms with Crippen LogP contribution in [0, 0.1) is 23.0 Å². The summed E-state index contributed by atoms with van der Waals surface area (Å²) in [6.07, 6.45) is 8.37. The van der Waals surface area contributed by atoms with Crippen LogP contribution in [-0.2, 0) is 14.3 Å². The number of hydrogen-bond donors (Lipinski definition) is 3. The van der Waals surface area contributed by atoms with Gasteiger partial charge in [0, 0.05) is 63.5 Å². The number of halogens is 3. The summed E-state index contributed by atoms with van der Waals surface area (Å²) < 4.78 is 63.1. The summed E-state index contributed by atoms with van der Waals surface area (Å²) in [4.78, 5) is 44.2. The Bertz CT molecular complexity index is 2380. The Morgan fingerprint density at radius 3 is 2.58 bits per heavy atom. The standard InChI is InChI=1S/C45H51F3N8O5S/c1-50-43(58)41(3-2-20-57)52-30-6-10-34(38(48)21-30)28-4-7-31(8-5-28)54-18-15-45(16-19-54)23-32(26-60-45)56-27-51-39-12-9-33(22-35(39)44(56)59)61-42-36(24-49)40(13-11-37(42)47)53-62-55-17-14-29(46)25-55/h6,9-13,20-22,27-29,31-32,41,52-53H,2-5,7-8,14-19,23,25-26H2,1H3,(H,50,58). The fourth-order valence-electron chi connectivity index (χ4n) is 9.52. The maximum absolute atomic E-state index is 15.4. The van der Waals surface area contributed by atoms with Crippen molar-refractivity contribution in [1.29, 1.82) is 5.26 Å². The second-order valence-electron chi connectivity index (χ2n) is 16.8. The summed E-state index contributed by atoms with van der Waals surface area (Å²) >= 11 is 1.15. The Labute approximate surface area is 362 Å². The van der Waals surface area contributed by atoms with Crippen LogP contribution in [0.3, 0.4) is 0 Å². The van der Waals surface area contributed by atoms with Crippen LogP contribution in [0.1, 0.15) is 87.3 Å². The number of benzene rings is 3. The molecule has 4 heterocycles. The van der Waals surface area contributed by atoms with Gasteiger partial charge in [0.25, 0.3) is 5.56 Å². The molecule has 0 bridgehead atoms. The first-order valence-electron chi connectivity index (χ1n) is 21.4. The maximum atomic E-state index is 15.4.